The van der Waals surface area contributed by atoms with Gasteiger partial charge in [-0.1, -0.05) is 34.9 Å². The third-order valence-corrected chi connectivity index (χ3v) is 6.01. The fraction of sp³-hybridized carbons (Fsp3) is 0.571. The maximum Gasteiger partial charge on any atom is 0.185 e. The zero-order chi connectivity index (χ0) is 23.6. The first-order valence-corrected chi connectivity index (χ1v) is 11.6. The summed E-state index contributed by atoms with van der Waals surface area (Å²) in [6.07, 6.45) is 14.9. The lowest BCUT2D eigenvalue weighted by molar-refractivity contribution is -0.116. The van der Waals surface area contributed by atoms with Crippen molar-refractivity contribution in [2.24, 2.45) is 0 Å². The predicted molar refractivity (Wildman–Crippen MR) is 131 cm³/mol. The van der Waals surface area contributed by atoms with Crippen LogP contribution in [0.2, 0.25) is 0 Å². The number of hydrogen-bond acceptors (Lipinski definition) is 3. The SMILES string of the molecule is CC(C)=CCCC(C)=CCCC(C)=CCCC(C)(O)CCC1=C(C)C(=O)C=C(C)C1=O. The molecule has 1 aliphatic rings. The molecule has 3 nitrogen and oxygen atoms in total. The summed E-state index contributed by atoms with van der Waals surface area (Å²) < 4.78 is 0. The van der Waals surface area contributed by atoms with Crippen LogP contribution < -0.4 is 0 Å². The Morgan fingerprint density at radius 3 is 2.03 bits per heavy atom. The van der Waals surface area contributed by atoms with Gasteiger partial charge >= 0.3 is 0 Å². The molecule has 1 unspecified atom stereocenters. The highest BCUT2D eigenvalue weighted by Crippen LogP contribution is 2.28. The number of aliphatic hydroxyl groups is 1. The summed E-state index contributed by atoms with van der Waals surface area (Å²) in [4.78, 5) is 24.3. The van der Waals surface area contributed by atoms with Crippen molar-refractivity contribution in [2.75, 3.05) is 0 Å². The van der Waals surface area contributed by atoms with Gasteiger partial charge in [-0.25, -0.2) is 0 Å². The maximum atomic E-state index is 12.4. The molecule has 0 fully saturated rings. The van der Waals surface area contributed by atoms with Crippen LogP contribution >= 0.6 is 0 Å². The second-order valence-electron chi connectivity index (χ2n) is 9.62. The molecule has 0 saturated carbocycles. The summed E-state index contributed by atoms with van der Waals surface area (Å²) in [7, 11) is 0. The maximum absolute atomic E-state index is 12.4. The van der Waals surface area contributed by atoms with Crippen LogP contribution in [0.25, 0.3) is 0 Å². The lowest BCUT2D eigenvalue weighted by Gasteiger charge is -2.24. The van der Waals surface area contributed by atoms with Crippen molar-refractivity contribution in [1.82, 2.24) is 0 Å². The van der Waals surface area contributed by atoms with Crippen molar-refractivity contribution in [2.45, 2.75) is 105 Å². The van der Waals surface area contributed by atoms with E-state index in [1.165, 1.54) is 22.8 Å². The Balaban J connectivity index is 2.45. The van der Waals surface area contributed by atoms with Crippen molar-refractivity contribution in [3.8, 4) is 0 Å². The Morgan fingerprint density at radius 1 is 0.903 bits per heavy atom. The van der Waals surface area contributed by atoms with Crippen molar-refractivity contribution in [3.05, 3.63) is 57.7 Å². The van der Waals surface area contributed by atoms with E-state index >= 15 is 0 Å². The zero-order valence-electron chi connectivity index (χ0n) is 20.7. The molecule has 0 heterocycles. The van der Waals surface area contributed by atoms with Crippen molar-refractivity contribution in [3.63, 3.8) is 0 Å². The topological polar surface area (TPSA) is 54.4 Å². The molecule has 3 heteroatoms. The molecule has 172 valence electrons. The van der Waals surface area contributed by atoms with Crippen LogP contribution in [0.15, 0.2) is 57.7 Å². The van der Waals surface area contributed by atoms with E-state index in [0.29, 0.717) is 36.0 Å². The van der Waals surface area contributed by atoms with Gasteiger partial charge in [0.05, 0.1) is 5.60 Å². The molecular weight excluding hydrogens is 384 g/mol. The molecule has 0 aliphatic heterocycles. The second kappa shape index (κ2) is 12.8. The van der Waals surface area contributed by atoms with Gasteiger partial charge in [0.1, 0.15) is 0 Å². The number of rotatable bonds is 12. The number of ketones is 2. The second-order valence-corrected chi connectivity index (χ2v) is 9.62. The standard InChI is InChI=1S/C28H42O3/c1-20(2)11-8-12-21(3)13-9-14-22(4)15-10-17-28(7,31)18-16-25-24(6)26(29)19-23(5)27(25)30/h11,13,15,19,31H,8-10,12,14,16-18H2,1-7H3. The minimum absolute atomic E-state index is 0.0622. The van der Waals surface area contributed by atoms with Crippen LogP contribution in [0.1, 0.15) is 99.8 Å². The van der Waals surface area contributed by atoms with Gasteiger partial charge in [0.2, 0.25) is 0 Å². The van der Waals surface area contributed by atoms with Gasteiger partial charge < -0.3 is 5.11 Å². The first-order valence-electron chi connectivity index (χ1n) is 11.6. The molecule has 0 aromatic heterocycles. The minimum atomic E-state index is -0.857. The van der Waals surface area contributed by atoms with Crippen LogP contribution in [0.4, 0.5) is 0 Å². The fourth-order valence-electron chi connectivity index (χ4n) is 3.72. The summed E-state index contributed by atoms with van der Waals surface area (Å²) in [6, 6.07) is 0. The van der Waals surface area contributed by atoms with Gasteiger partial charge in [-0.05, 0) is 106 Å². The van der Waals surface area contributed by atoms with E-state index < -0.39 is 5.60 Å². The monoisotopic (exact) mass is 426 g/mol. The van der Waals surface area contributed by atoms with Gasteiger partial charge in [0.25, 0.3) is 0 Å². The number of carbonyl (C=O) groups is 2. The molecule has 0 amide bonds. The third-order valence-electron chi connectivity index (χ3n) is 6.01. The highest BCUT2D eigenvalue weighted by molar-refractivity contribution is 6.22. The van der Waals surface area contributed by atoms with Crippen LogP contribution in [0, 0.1) is 0 Å². The van der Waals surface area contributed by atoms with Crippen molar-refractivity contribution >= 4 is 11.6 Å². The quantitative estimate of drug-likeness (QED) is 0.267. The molecule has 0 radical (unpaired) electrons. The number of allylic oxidation sites excluding steroid dienone is 10. The highest BCUT2D eigenvalue weighted by atomic mass is 16.3. The van der Waals surface area contributed by atoms with Crippen LogP contribution in [-0.2, 0) is 9.59 Å². The molecule has 0 aromatic carbocycles. The minimum Gasteiger partial charge on any atom is -0.390 e. The molecule has 31 heavy (non-hydrogen) atoms. The summed E-state index contributed by atoms with van der Waals surface area (Å²) in [5, 5.41) is 10.8. The number of hydrogen-bond donors (Lipinski definition) is 1. The van der Waals surface area contributed by atoms with E-state index in [1.807, 2.05) is 6.92 Å². The summed E-state index contributed by atoms with van der Waals surface area (Å²) in [6.45, 7) is 13.8. The average Bonchev–Trinajstić information content (AvgIpc) is 2.66. The molecule has 0 bridgehead atoms. The molecule has 1 atom stereocenters. The number of carbonyl (C=O) groups excluding carboxylic acids is 2. The molecular formula is C28H42O3. The first-order chi connectivity index (χ1) is 14.4. The Labute approximate surface area is 189 Å². The largest absolute Gasteiger partial charge is 0.390 e. The normalized spacial score (nSPS) is 17.6. The third kappa shape index (κ3) is 10.2. The first kappa shape index (κ1) is 27.0. The van der Waals surface area contributed by atoms with E-state index in [9.17, 15) is 14.7 Å². The molecule has 1 N–H and O–H groups in total. The van der Waals surface area contributed by atoms with E-state index in [4.69, 9.17) is 0 Å². The van der Waals surface area contributed by atoms with Gasteiger partial charge in [-0.2, -0.15) is 0 Å². The smallest absolute Gasteiger partial charge is 0.185 e. The molecule has 0 aromatic rings. The Bertz CT molecular complexity index is 809. The van der Waals surface area contributed by atoms with E-state index in [2.05, 4.69) is 45.9 Å². The van der Waals surface area contributed by atoms with Gasteiger partial charge in [-0.15, -0.1) is 0 Å². The predicted octanol–water partition coefficient (Wildman–Crippen LogP) is 7.13. The van der Waals surface area contributed by atoms with Crippen molar-refractivity contribution in [1.29, 1.82) is 0 Å². The van der Waals surface area contributed by atoms with Gasteiger partial charge in [0, 0.05) is 16.7 Å². The van der Waals surface area contributed by atoms with Crippen molar-refractivity contribution < 1.29 is 14.7 Å². The van der Waals surface area contributed by atoms with E-state index in [-0.39, 0.29) is 11.6 Å². The highest BCUT2D eigenvalue weighted by Gasteiger charge is 2.26. The summed E-state index contributed by atoms with van der Waals surface area (Å²) >= 11 is 0. The lowest BCUT2D eigenvalue weighted by Crippen LogP contribution is -2.26. The Kier molecular flexibility index (Phi) is 11.1. The molecule has 0 spiro atoms. The molecule has 1 rings (SSSR count). The lowest BCUT2D eigenvalue weighted by atomic mass is 9.84. The van der Waals surface area contributed by atoms with Gasteiger partial charge in [0.15, 0.2) is 11.6 Å². The number of Topliss-reactive ketones (excluding diaryl/α,β-unsaturated/α-hetero) is 1. The fourth-order valence-corrected chi connectivity index (χ4v) is 3.72. The van der Waals surface area contributed by atoms with Crippen LogP contribution in [-0.4, -0.2) is 22.3 Å². The zero-order valence-corrected chi connectivity index (χ0v) is 20.7. The Morgan fingerprint density at radius 2 is 1.45 bits per heavy atom. The molecule has 0 saturated heterocycles. The van der Waals surface area contributed by atoms with Crippen LogP contribution in [0.3, 0.4) is 0 Å². The average molecular weight is 427 g/mol. The summed E-state index contributed by atoms with van der Waals surface area (Å²) in [5.74, 6) is -0.153. The summed E-state index contributed by atoms with van der Waals surface area (Å²) in [5.41, 5.74) is 4.87. The Hall–Kier alpha value is -2.00. The van der Waals surface area contributed by atoms with E-state index in [1.54, 1.807) is 13.8 Å². The van der Waals surface area contributed by atoms with Crippen LogP contribution in [0.5, 0.6) is 0 Å². The van der Waals surface area contributed by atoms with E-state index in [0.717, 1.165) is 32.1 Å². The van der Waals surface area contributed by atoms with Gasteiger partial charge in [-0.3, -0.25) is 9.59 Å². The molecule has 1 aliphatic carbocycles.